The summed E-state index contributed by atoms with van der Waals surface area (Å²) in [5, 5.41) is 3.53. The third kappa shape index (κ3) is 5.46. The second-order valence-corrected chi connectivity index (χ2v) is 9.23. The van der Waals surface area contributed by atoms with Crippen molar-refractivity contribution in [3.63, 3.8) is 0 Å². The van der Waals surface area contributed by atoms with Crippen LogP contribution < -0.4 is 15.8 Å². The molecule has 6 nitrogen and oxygen atoms in total. The number of fused-ring (bicyclic) bond motifs is 2. The van der Waals surface area contributed by atoms with Crippen LogP contribution in [0.5, 0.6) is 0 Å². The third-order valence-corrected chi connectivity index (χ3v) is 7.16. The van der Waals surface area contributed by atoms with Gasteiger partial charge in [-0.2, -0.15) is 0 Å². The van der Waals surface area contributed by atoms with E-state index in [9.17, 15) is 9.18 Å². The van der Waals surface area contributed by atoms with E-state index in [1.54, 1.807) is 10.6 Å². The van der Waals surface area contributed by atoms with Gasteiger partial charge in [0.1, 0.15) is 11.6 Å². The molecule has 0 amide bonds. The van der Waals surface area contributed by atoms with Gasteiger partial charge in [0, 0.05) is 31.9 Å². The minimum atomic E-state index is -0.410. The normalized spacial score (nSPS) is 14.1. The van der Waals surface area contributed by atoms with E-state index in [0.29, 0.717) is 35.5 Å². The zero-order valence-electron chi connectivity index (χ0n) is 22.0. The van der Waals surface area contributed by atoms with Gasteiger partial charge < -0.3 is 15.1 Å². The van der Waals surface area contributed by atoms with Gasteiger partial charge in [0.25, 0.3) is 5.56 Å². The number of hydrogen-bond donors (Lipinski definition) is 1. The molecule has 3 aromatic rings. The van der Waals surface area contributed by atoms with E-state index in [1.807, 2.05) is 0 Å². The third-order valence-electron chi connectivity index (χ3n) is 7.16. The quantitative estimate of drug-likeness (QED) is 0.361. The molecule has 2 heterocycles. The summed E-state index contributed by atoms with van der Waals surface area (Å²) >= 11 is 0. The van der Waals surface area contributed by atoms with Crippen LogP contribution in [-0.4, -0.2) is 53.7 Å². The number of nitrogens with one attached hydrogen (secondary N) is 1. The Labute approximate surface area is 213 Å². The molecule has 0 spiro atoms. The van der Waals surface area contributed by atoms with Crippen molar-refractivity contribution < 1.29 is 4.39 Å². The van der Waals surface area contributed by atoms with Crippen molar-refractivity contribution in [1.82, 2.24) is 14.5 Å². The van der Waals surface area contributed by atoms with Crippen LogP contribution in [0.1, 0.15) is 51.9 Å². The Morgan fingerprint density at radius 2 is 1.78 bits per heavy atom. The summed E-state index contributed by atoms with van der Waals surface area (Å²) in [4.78, 5) is 22.6. The molecular formula is C29H38FN5O. The van der Waals surface area contributed by atoms with Crippen LogP contribution in [0.4, 0.5) is 15.8 Å². The molecule has 7 heteroatoms. The van der Waals surface area contributed by atoms with E-state index in [0.717, 1.165) is 56.7 Å². The molecule has 1 aromatic heterocycles. The van der Waals surface area contributed by atoms with Crippen LogP contribution in [0.2, 0.25) is 0 Å². The predicted octanol–water partition coefficient (Wildman–Crippen LogP) is 5.47. The predicted molar refractivity (Wildman–Crippen MR) is 149 cm³/mol. The Kier molecular flexibility index (Phi) is 8.41. The maximum Gasteiger partial charge on any atom is 0.261 e. The number of benzene rings is 2. The number of allylic oxidation sites excluding steroid dienone is 1. The van der Waals surface area contributed by atoms with Gasteiger partial charge in [0.15, 0.2) is 0 Å². The highest BCUT2D eigenvalue weighted by Gasteiger charge is 2.22. The van der Waals surface area contributed by atoms with E-state index in [4.69, 9.17) is 4.98 Å². The first kappa shape index (κ1) is 25.9. The molecule has 1 N–H and O–H groups in total. The van der Waals surface area contributed by atoms with Gasteiger partial charge in [0.05, 0.1) is 16.6 Å². The van der Waals surface area contributed by atoms with E-state index in [-0.39, 0.29) is 5.56 Å². The molecule has 1 aliphatic rings. The molecule has 0 saturated heterocycles. The fourth-order valence-corrected chi connectivity index (χ4v) is 4.95. The topological polar surface area (TPSA) is 53.4 Å². The van der Waals surface area contributed by atoms with Gasteiger partial charge in [-0.3, -0.25) is 9.36 Å². The number of halogens is 1. The average molecular weight is 492 g/mol. The summed E-state index contributed by atoms with van der Waals surface area (Å²) in [7, 11) is 0. The average Bonchev–Trinajstić information content (AvgIpc) is 3.29. The van der Waals surface area contributed by atoms with Crippen molar-refractivity contribution in [2.24, 2.45) is 0 Å². The van der Waals surface area contributed by atoms with Crippen molar-refractivity contribution in [2.75, 3.05) is 49.5 Å². The van der Waals surface area contributed by atoms with Gasteiger partial charge >= 0.3 is 0 Å². The lowest BCUT2D eigenvalue weighted by atomic mass is 10.1. The molecule has 0 bridgehead atoms. The van der Waals surface area contributed by atoms with Gasteiger partial charge in [-0.05, 0) is 87.8 Å². The number of anilines is 2. The molecule has 0 radical (unpaired) electrons. The fourth-order valence-electron chi connectivity index (χ4n) is 4.95. The summed E-state index contributed by atoms with van der Waals surface area (Å²) in [6, 6.07) is 11.5. The van der Waals surface area contributed by atoms with Gasteiger partial charge in [0.2, 0.25) is 0 Å². The summed E-state index contributed by atoms with van der Waals surface area (Å²) < 4.78 is 16.5. The zero-order chi connectivity index (χ0) is 25.7. The summed E-state index contributed by atoms with van der Waals surface area (Å²) in [5.74, 6) is 0.270. The molecule has 192 valence electrons. The second kappa shape index (κ2) is 11.7. The molecule has 4 rings (SSSR count). The van der Waals surface area contributed by atoms with Gasteiger partial charge in [-0.15, -0.1) is 0 Å². The minimum absolute atomic E-state index is 0.178. The first-order valence-corrected chi connectivity index (χ1v) is 13.2. The van der Waals surface area contributed by atoms with Crippen LogP contribution >= 0.6 is 0 Å². The monoisotopic (exact) mass is 491 g/mol. The molecule has 0 fully saturated rings. The number of aromatic nitrogens is 2. The standard InChI is InChI=1S/C29H38FN5O/c1-5-33(6-2)16-9-15-31-27-20-26-24(19-25(27)30)29(36)35-17-14-22(28(35)32-26)18-21-10-12-23(13-11-21)34(7-3)8-4/h10-13,18-20,31H,5-9,14-17H2,1-4H3/b22-18+. The molecule has 2 aromatic carbocycles. The van der Waals surface area contributed by atoms with E-state index >= 15 is 0 Å². The Bertz CT molecular complexity index is 1270. The molecule has 0 unspecified atom stereocenters. The van der Waals surface area contributed by atoms with Crippen molar-refractivity contribution in [2.45, 2.75) is 47.1 Å². The first-order chi connectivity index (χ1) is 17.5. The Hall–Kier alpha value is -3.19. The molecule has 0 aliphatic carbocycles. The van der Waals surface area contributed by atoms with E-state index in [2.05, 4.69) is 73.2 Å². The summed E-state index contributed by atoms with van der Waals surface area (Å²) in [6.45, 7) is 14.8. The largest absolute Gasteiger partial charge is 0.383 e. The Morgan fingerprint density at radius 1 is 1.06 bits per heavy atom. The van der Waals surface area contributed by atoms with E-state index in [1.165, 1.54) is 11.8 Å². The Morgan fingerprint density at radius 3 is 2.44 bits per heavy atom. The van der Waals surface area contributed by atoms with Crippen molar-refractivity contribution in [1.29, 1.82) is 0 Å². The highest BCUT2D eigenvalue weighted by Crippen LogP contribution is 2.29. The Balaban J connectivity index is 1.58. The highest BCUT2D eigenvalue weighted by atomic mass is 19.1. The molecular weight excluding hydrogens is 453 g/mol. The van der Waals surface area contributed by atoms with Crippen molar-refractivity contribution in [3.8, 4) is 0 Å². The van der Waals surface area contributed by atoms with E-state index < -0.39 is 5.82 Å². The second-order valence-electron chi connectivity index (χ2n) is 9.23. The van der Waals surface area contributed by atoms with Crippen molar-refractivity contribution in [3.05, 3.63) is 64.0 Å². The lowest BCUT2D eigenvalue weighted by molar-refractivity contribution is 0.303. The highest BCUT2D eigenvalue weighted by molar-refractivity contribution is 5.86. The smallest absolute Gasteiger partial charge is 0.261 e. The van der Waals surface area contributed by atoms with Crippen molar-refractivity contribution >= 4 is 33.9 Å². The lowest BCUT2D eigenvalue weighted by Crippen LogP contribution is -2.25. The van der Waals surface area contributed by atoms with Gasteiger partial charge in [-0.25, -0.2) is 9.37 Å². The molecule has 1 aliphatic heterocycles. The molecule has 0 saturated carbocycles. The first-order valence-electron chi connectivity index (χ1n) is 13.2. The van der Waals surface area contributed by atoms with Gasteiger partial charge in [-0.1, -0.05) is 26.0 Å². The van der Waals surface area contributed by atoms with Crippen LogP contribution in [0, 0.1) is 5.82 Å². The zero-order valence-corrected chi connectivity index (χ0v) is 22.0. The number of rotatable bonds is 11. The van der Waals surface area contributed by atoms with Crippen LogP contribution in [0.25, 0.3) is 22.6 Å². The maximum atomic E-state index is 14.8. The summed E-state index contributed by atoms with van der Waals surface area (Å²) in [5.41, 5.74) is 4.06. The summed E-state index contributed by atoms with van der Waals surface area (Å²) in [6.07, 6.45) is 3.76. The fraction of sp³-hybridized carbons (Fsp3) is 0.448. The number of nitrogens with zero attached hydrogens (tertiary/aromatic N) is 4. The minimum Gasteiger partial charge on any atom is -0.383 e. The van der Waals surface area contributed by atoms with Crippen LogP contribution in [0.15, 0.2) is 41.2 Å². The number of hydrogen-bond acceptors (Lipinski definition) is 5. The maximum absolute atomic E-state index is 14.8. The van der Waals surface area contributed by atoms with Crippen LogP contribution in [0.3, 0.4) is 0 Å². The lowest BCUT2D eigenvalue weighted by Gasteiger charge is -2.20. The SMILES string of the molecule is CCN(CC)CCCNc1cc2nc3n(c(=O)c2cc1F)CC/C3=C\c1ccc(N(CC)CC)cc1. The molecule has 36 heavy (non-hydrogen) atoms. The van der Waals surface area contributed by atoms with Crippen LogP contribution in [-0.2, 0) is 6.54 Å². The molecule has 0 atom stereocenters.